The first-order chi connectivity index (χ1) is 9.10. The minimum absolute atomic E-state index is 0.0463. The fourth-order valence-corrected chi connectivity index (χ4v) is 2.62. The summed E-state index contributed by atoms with van der Waals surface area (Å²) in [5, 5.41) is 3.00. The number of amides is 2. The Morgan fingerprint density at radius 1 is 1.26 bits per heavy atom. The number of piperidine rings is 1. The highest BCUT2D eigenvalue weighted by Gasteiger charge is 2.32. The average Bonchev–Trinajstić information content (AvgIpc) is 3.23. The molecule has 3 N–H and O–H groups in total. The van der Waals surface area contributed by atoms with E-state index < -0.39 is 0 Å². The summed E-state index contributed by atoms with van der Waals surface area (Å²) in [7, 11) is 0. The molecule has 108 valence electrons. The molecule has 1 unspecified atom stereocenters. The van der Waals surface area contributed by atoms with Crippen molar-refractivity contribution >= 4 is 11.8 Å². The van der Waals surface area contributed by atoms with Gasteiger partial charge in [-0.15, -0.1) is 0 Å². The van der Waals surface area contributed by atoms with Gasteiger partial charge in [0.2, 0.25) is 11.8 Å². The molecule has 0 aromatic rings. The van der Waals surface area contributed by atoms with E-state index in [1.807, 2.05) is 11.8 Å². The summed E-state index contributed by atoms with van der Waals surface area (Å²) in [5.41, 5.74) is 5.99. The summed E-state index contributed by atoms with van der Waals surface area (Å²) >= 11 is 0. The zero-order valence-corrected chi connectivity index (χ0v) is 11.7. The molecule has 2 aliphatic rings. The molecule has 0 radical (unpaired) electrons. The molecule has 0 aromatic carbocycles. The molecule has 5 heteroatoms. The molecule has 1 atom stereocenters. The van der Waals surface area contributed by atoms with Crippen LogP contribution in [-0.2, 0) is 9.59 Å². The second kappa shape index (κ2) is 6.37. The molecule has 1 saturated carbocycles. The molecule has 1 heterocycles. The van der Waals surface area contributed by atoms with Gasteiger partial charge in [0.15, 0.2) is 0 Å². The van der Waals surface area contributed by atoms with Crippen molar-refractivity contribution in [3.63, 3.8) is 0 Å². The van der Waals surface area contributed by atoms with Crippen LogP contribution in [0.3, 0.4) is 0 Å². The van der Waals surface area contributed by atoms with E-state index in [1.54, 1.807) is 0 Å². The zero-order chi connectivity index (χ0) is 13.8. The van der Waals surface area contributed by atoms with E-state index in [0.717, 1.165) is 25.9 Å². The highest BCUT2D eigenvalue weighted by molar-refractivity contribution is 5.77. The van der Waals surface area contributed by atoms with Crippen molar-refractivity contribution in [2.45, 2.75) is 57.5 Å². The SMILES string of the molecule is CCC(=O)NC1CCN(C(=O)CC(N)C2CC2)CC1. The first kappa shape index (κ1) is 14.3. The van der Waals surface area contributed by atoms with Crippen LogP contribution in [0.2, 0.25) is 0 Å². The van der Waals surface area contributed by atoms with Crippen LogP contribution in [0.1, 0.15) is 45.4 Å². The molecule has 1 aliphatic heterocycles. The van der Waals surface area contributed by atoms with Crippen molar-refractivity contribution < 1.29 is 9.59 Å². The van der Waals surface area contributed by atoms with Crippen LogP contribution in [0.25, 0.3) is 0 Å². The van der Waals surface area contributed by atoms with Gasteiger partial charge < -0.3 is 16.0 Å². The molecule has 0 bridgehead atoms. The number of rotatable bonds is 5. The first-order valence-corrected chi connectivity index (χ1v) is 7.43. The Bertz CT molecular complexity index is 334. The minimum Gasteiger partial charge on any atom is -0.353 e. The number of hydrogen-bond acceptors (Lipinski definition) is 3. The fraction of sp³-hybridized carbons (Fsp3) is 0.857. The van der Waals surface area contributed by atoms with Gasteiger partial charge in [-0.1, -0.05) is 6.92 Å². The van der Waals surface area contributed by atoms with E-state index >= 15 is 0 Å². The van der Waals surface area contributed by atoms with Crippen LogP contribution in [0.5, 0.6) is 0 Å². The molecule has 1 saturated heterocycles. The molecular formula is C14H25N3O2. The predicted octanol–water partition coefficient (Wildman–Crippen LogP) is 0.631. The lowest BCUT2D eigenvalue weighted by molar-refractivity contribution is -0.132. The maximum atomic E-state index is 12.1. The van der Waals surface area contributed by atoms with Gasteiger partial charge in [-0.25, -0.2) is 0 Å². The van der Waals surface area contributed by atoms with E-state index in [9.17, 15) is 9.59 Å². The van der Waals surface area contributed by atoms with Crippen LogP contribution in [0.4, 0.5) is 0 Å². The topological polar surface area (TPSA) is 75.4 Å². The van der Waals surface area contributed by atoms with Crippen LogP contribution >= 0.6 is 0 Å². The van der Waals surface area contributed by atoms with Gasteiger partial charge in [-0.2, -0.15) is 0 Å². The van der Waals surface area contributed by atoms with Gasteiger partial charge in [0.05, 0.1) is 0 Å². The molecule has 19 heavy (non-hydrogen) atoms. The minimum atomic E-state index is 0.0463. The monoisotopic (exact) mass is 267 g/mol. The summed E-state index contributed by atoms with van der Waals surface area (Å²) in [6.07, 6.45) is 5.08. The number of carbonyl (C=O) groups excluding carboxylic acids is 2. The van der Waals surface area contributed by atoms with E-state index in [2.05, 4.69) is 5.32 Å². The predicted molar refractivity (Wildman–Crippen MR) is 73.4 cm³/mol. The van der Waals surface area contributed by atoms with Crippen molar-refractivity contribution in [1.82, 2.24) is 10.2 Å². The fourth-order valence-electron chi connectivity index (χ4n) is 2.62. The number of nitrogens with two attached hydrogens (primary N) is 1. The molecule has 5 nitrogen and oxygen atoms in total. The second-order valence-electron chi connectivity index (χ2n) is 5.78. The summed E-state index contributed by atoms with van der Waals surface area (Å²) in [5.74, 6) is 0.852. The quantitative estimate of drug-likeness (QED) is 0.767. The van der Waals surface area contributed by atoms with Crippen molar-refractivity contribution in [3.05, 3.63) is 0 Å². The molecule has 0 aromatic heterocycles. The second-order valence-corrected chi connectivity index (χ2v) is 5.78. The molecule has 2 amide bonds. The zero-order valence-electron chi connectivity index (χ0n) is 11.7. The van der Waals surface area contributed by atoms with Gasteiger partial charge in [-0.05, 0) is 31.6 Å². The van der Waals surface area contributed by atoms with Crippen LogP contribution < -0.4 is 11.1 Å². The number of hydrogen-bond donors (Lipinski definition) is 2. The third-order valence-electron chi connectivity index (χ3n) is 4.17. The molecule has 2 rings (SSSR count). The first-order valence-electron chi connectivity index (χ1n) is 7.43. The van der Waals surface area contributed by atoms with Crippen LogP contribution in [-0.4, -0.2) is 41.9 Å². The van der Waals surface area contributed by atoms with Gasteiger partial charge in [-0.3, -0.25) is 9.59 Å². The largest absolute Gasteiger partial charge is 0.353 e. The third kappa shape index (κ3) is 4.20. The van der Waals surface area contributed by atoms with E-state index in [1.165, 1.54) is 12.8 Å². The lowest BCUT2D eigenvalue weighted by Crippen LogP contribution is -2.47. The molecule has 2 fully saturated rings. The smallest absolute Gasteiger partial charge is 0.224 e. The average molecular weight is 267 g/mol. The number of likely N-dealkylation sites (tertiary alicyclic amines) is 1. The summed E-state index contributed by atoms with van der Waals surface area (Å²) in [4.78, 5) is 25.3. The van der Waals surface area contributed by atoms with Gasteiger partial charge in [0.1, 0.15) is 0 Å². The van der Waals surface area contributed by atoms with Crippen LogP contribution in [0, 0.1) is 5.92 Å². The number of carbonyl (C=O) groups is 2. The molecular weight excluding hydrogens is 242 g/mol. The maximum absolute atomic E-state index is 12.1. The van der Waals surface area contributed by atoms with E-state index in [-0.39, 0.29) is 23.9 Å². The highest BCUT2D eigenvalue weighted by atomic mass is 16.2. The van der Waals surface area contributed by atoms with Gasteiger partial charge >= 0.3 is 0 Å². The Kier molecular flexibility index (Phi) is 4.80. The number of nitrogens with zero attached hydrogens (tertiary/aromatic N) is 1. The lowest BCUT2D eigenvalue weighted by atomic mass is 10.0. The third-order valence-corrected chi connectivity index (χ3v) is 4.17. The lowest BCUT2D eigenvalue weighted by Gasteiger charge is -2.33. The van der Waals surface area contributed by atoms with Crippen molar-refractivity contribution in [3.8, 4) is 0 Å². The normalized spacial score (nSPS) is 22.1. The van der Waals surface area contributed by atoms with E-state index in [0.29, 0.717) is 18.8 Å². The number of nitrogens with one attached hydrogen (secondary N) is 1. The summed E-state index contributed by atoms with van der Waals surface area (Å²) in [6, 6.07) is 0.277. The molecule has 1 aliphatic carbocycles. The maximum Gasteiger partial charge on any atom is 0.224 e. The highest BCUT2D eigenvalue weighted by Crippen LogP contribution is 2.33. The van der Waals surface area contributed by atoms with Crippen molar-refractivity contribution in [1.29, 1.82) is 0 Å². The van der Waals surface area contributed by atoms with Crippen molar-refractivity contribution in [2.24, 2.45) is 11.7 Å². The van der Waals surface area contributed by atoms with Gasteiger partial charge in [0, 0.05) is 38.0 Å². The van der Waals surface area contributed by atoms with Crippen molar-refractivity contribution in [2.75, 3.05) is 13.1 Å². The van der Waals surface area contributed by atoms with E-state index in [4.69, 9.17) is 5.73 Å². The standard InChI is InChI=1S/C14H25N3O2/c1-2-13(18)16-11-5-7-17(8-6-11)14(19)9-12(15)10-3-4-10/h10-12H,2-9,15H2,1H3,(H,16,18). The Balaban J connectivity index is 1.69. The Hall–Kier alpha value is -1.10. The van der Waals surface area contributed by atoms with Gasteiger partial charge in [0.25, 0.3) is 0 Å². The Morgan fingerprint density at radius 3 is 2.42 bits per heavy atom. The van der Waals surface area contributed by atoms with Crippen LogP contribution in [0.15, 0.2) is 0 Å². The summed E-state index contributed by atoms with van der Waals surface area (Å²) in [6.45, 7) is 3.34. The summed E-state index contributed by atoms with van der Waals surface area (Å²) < 4.78 is 0. The molecule has 0 spiro atoms. The Labute approximate surface area is 114 Å². The Morgan fingerprint density at radius 2 is 1.89 bits per heavy atom.